The van der Waals surface area contributed by atoms with Crippen LogP contribution in [0.4, 0.5) is 11.4 Å². The fourth-order valence-corrected chi connectivity index (χ4v) is 3.82. The molecule has 1 aromatic carbocycles. The molecule has 7 heteroatoms. The summed E-state index contributed by atoms with van der Waals surface area (Å²) in [5, 5.41) is 0.128. The molecular weight excluding hydrogens is 324 g/mol. The average Bonchev–Trinajstić information content (AvgIpc) is 3.08. The minimum atomic E-state index is -1.08. The Kier molecular flexibility index (Phi) is 5.40. The third kappa shape index (κ3) is 3.90. The quantitative estimate of drug-likeness (QED) is 0.807. The molecule has 2 heterocycles. The number of fused-ring (bicyclic) bond motifs is 1. The Morgan fingerprint density at radius 2 is 2.38 bits per heavy atom. The van der Waals surface area contributed by atoms with Gasteiger partial charge in [-0.25, -0.2) is 9.19 Å². The first-order valence-electron chi connectivity index (χ1n) is 8.33. The monoisotopic (exact) mass is 348 g/mol. The van der Waals surface area contributed by atoms with Crippen LogP contribution in [0.25, 0.3) is 0 Å². The number of hydrogen-bond acceptors (Lipinski definition) is 4. The normalized spacial score (nSPS) is 16.2. The van der Waals surface area contributed by atoms with Crippen LogP contribution >= 0.6 is 0 Å². The Labute approximate surface area is 145 Å². The molecule has 24 heavy (non-hydrogen) atoms. The first kappa shape index (κ1) is 16.8. The lowest BCUT2D eigenvalue weighted by molar-refractivity contribution is 0.307. The number of nitrogens with zero attached hydrogens (tertiary/aromatic N) is 2. The summed E-state index contributed by atoms with van der Waals surface area (Å²) in [6, 6.07) is 5.88. The summed E-state index contributed by atoms with van der Waals surface area (Å²) in [7, 11) is -1.08. The summed E-state index contributed by atoms with van der Waals surface area (Å²) in [5.74, 6) is 0.860. The van der Waals surface area contributed by atoms with Gasteiger partial charge in [0.05, 0.1) is 36.0 Å². The van der Waals surface area contributed by atoms with Gasteiger partial charge >= 0.3 is 0 Å². The maximum atomic E-state index is 12.4. The van der Waals surface area contributed by atoms with E-state index in [9.17, 15) is 4.21 Å². The van der Waals surface area contributed by atoms with Crippen molar-refractivity contribution >= 4 is 22.4 Å². The zero-order valence-corrected chi connectivity index (χ0v) is 14.9. The molecule has 0 saturated carbocycles. The predicted molar refractivity (Wildman–Crippen MR) is 97.7 cm³/mol. The van der Waals surface area contributed by atoms with E-state index < -0.39 is 11.0 Å². The highest BCUT2D eigenvalue weighted by atomic mass is 32.2. The first-order chi connectivity index (χ1) is 11.7. The lowest BCUT2D eigenvalue weighted by Gasteiger charge is -2.31. The number of aromatic amines is 1. The summed E-state index contributed by atoms with van der Waals surface area (Å²) in [6.07, 6.45) is 5.50. The van der Waals surface area contributed by atoms with Crippen molar-refractivity contribution in [2.24, 2.45) is 0 Å². The van der Waals surface area contributed by atoms with Crippen LogP contribution < -0.4 is 14.4 Å². The largest absolute Gasteiger partial charge is 0.490 e. The van der Waals surface area contributed by atoms with Gasteiger partial charge in [-0.2, -0.15) is 0 Å². The molecule has 0 saturated heterocycles. The maximum absolute atomic E-state index is 12.4. The smallest absolute Gasteiger partial charge is 0.142 e. The minimum absolute atomic E-state index is 0.128. The molecule has 2 atom stereocenters. The second kappa shape index (κ2) is 7.70. The second-order valence-electron chi connectivity index (χ2n) is 6.03. The fraction of sp³-hybridized carbons (Fsp3) is 0.471. The van der Waals surface area contributed by atoms with Crippen LogP contribution in [0.5, 0.6) is 5.75 Å². The number of imidazole rings is 1. The van der Waals surface area contributed by atoms with Crippen molar-refractivity contribution in [1.82, 2.24) is 9.97 Å². The molecule has 2 unspecified atom stereocenters. The molecule has 2 N–H and O–H groups in total. The predicted octanol–water partition coefficient (Wildman–Crippen LogP) is 3.07. The van der Waals surface area contributed by atoms with Crippen molar-refractivity contribution in [2.45, 2.75) is 38.5 Å². The van der Waals surface area contributed by atoms with Gasteiger partial charge in [-0.05, 0) is 31.5 Å². The molecule has 0 fully saturated rings. The van der Waals surface area contributed by atoms with E-state index in [2.05, 4.69) is 26.5 Å². The van der Waals surface area contributed by atoms with Crippen molar-refractivity contribution in [3.05, 3.63) is 36.4 Å². The summed E-state index contributed by atoms with van der Waals surface area (Å²) >= 11 is 0. The maximum Gasteiger partial charge on any atom is 0.142 e. The Hall–Kier alpha value is -2.02. The van der Waals surface area contributed by atoms with Gasteiger partial charge in [0.15, 0.2) is 0 Å². The van der Waals surface area contributed by atoms with E-state index in [0.717, 1.165) is 48.7 Å². The van der Waals surface area contributed by atoms with Gasteiger partial charge in [0.1, 0.15) is 23.3 Å². The Balaban J connectivity index is 1.76. The van der Waals surface area contributed by atoms with E-state index in [1.807, 2.05) is 31.3 Å². The Morgan fingerprint density at radius 3 is 3.12 bits per heavy atom. The third-order valence-electron chi connectivity index (χ3n) is 4.11. The number of anilines is 2. The standard InChI is InChI=1S/C17H24N4O2S/c1-3-4-13(2)24(22)20-14-5-6-17-16(9-14)21(7-8-23-17)11-15-10-18-12-19-15/h5-6,9-10,12-13,20H,3-4,7-8,11H2,1-2H3,(H,18,19). The SMILES string of the molecule is CCCC(C)S(=O)Nc1ccc2c(c1)N(Cc1cnc[nH]1)CCO2. The summed E-state index contributed by atoms with van der Waals surface area (Å²) in [4.78, 5) is 9.45. The molecule has 1 aliphatic heterocycles. The zero-order valence-electron chi connectivity index (χ0n) is 14.1. The highest BCUT2D eigenvalue weighted by molar-refractivity contribution is 7.87. The average molecular weight is 348 g/mol. The van der Waals surface area contributed by atoms with Crippen molar-refractivity contribution in [3.8, 4) is 5.75 Å². The Bertz CT molecular complexity index is 690. The van der Waals surface area contributed by atoms with Crippen LogP contribution in [-0.4, -0.2) is 32.6 Å². The van der Waals surface area contributed by atoms with E-state index in [-0.39, 0.29) is 5.25 Å². The number of H-pyrrole nitrogens is 1. The van der Waals surface area contributed by atoms with E-state index in [0.29, 0.717) is 6.61 Å². The zero-order chi connectivity index (χ0) is 16.9. The molecule has 130 valence electrons. The minimum Gasteiger partial charge on any atom is -0.490 e. The molecule has 1 aromatic heterocycles. The van der Waals surface area contributed by atoms with E-state index in [1.54, 1.807) is 6.33 Å². The van der Waals surface area contributed by atoms with Crippen LogP contribution in [0, 0.1) is 0 Å². The highest BCUT2D eigenvalue weighted by Gasteiger charge is 2.20. The molecule has 0 bridgehead atoms. The topological polar surface area (TPSA) is 70.2 Å². The van der Waals surface area contributed by atoms with Crippen LogP contribution in [-0.2, 0) is 17.5 Å². The highest BCUT2D eigenvalue weighted by Crippen LogP contribution is 2.35. The van der Waals surface area contributed by atoms with Crippen molar-refractivity contribution in [3.63, 3.8) is 0 Å². The number of benzene rings is 1. The van der Waals surface area contributed by atoms with Gasteiger partial charge in [0, 0.05) is 11.9 Å². The Morgan fingerprint density at radius 1 is 1.50 bits per heavy atom. The third-order valence-corrected chi connectivity index (χ3v) is 5.52. The molecule has 3 rings (SSSR count). The number of nitrogens with one attached hydrogen (secondary N) is 2. The lowest BCUT2D eigenvalue weighted by atomic mass is 10.2. The van der Waals surface area contributed by atoms with Crippen LogP contribution in [0.15, 0.2) is 30.7 Å². The van der Waals surface area contributed by atoms with Crippen molar-refractivity contribution in [2.75, 3.05) is 22.8 Å². The number of ether oxygens (including phenoxy) is 1. The number of hydrogen-bond donors (Lipinski definition) is 2. The lowest BCUT2D eigenvalue weighted by Crippen LogP contribution is -2.32. The molecule has 0 radical (unpaired) electrons. The van der Waals surface area contributed by atoms with Gasteiger partial charge in [0.2, 0.25) is 0 Å². The second-order valence-corrected chi connectivity index (χ2v) is 7.63. The van der Waals surface area contributed by atoms with Gasteiger partial charge < -0.3 is 19.3 Å². The van der Waals surface area contributed by atoms with Crippen LogP contribution in [0.1, 0.15) is 32.4 Å². The van der Waals surface area contributed by atoms with Gasteiger partial charge in [-0.1, -0.05) is 13.3 Å². The number of rotatable bonds is 7. The molecular formula is C17H24N4O2S. The summed E-state index contributed by atoms with van der Waals surface area (Å²) in [6.45, 7) is 6.34. The molecule has 1 aliphatic rings. The molecule has 0 spiro atoms. The fourth-order valence-electron chi connectivity index (χ4n) is 2.81. The van der Waals surface area contributed by atoms with Gasteiger partial charge in [-0.3, -0.25) is 0 Å². The van der Waals surface area contributed by atoms with Crippen molar-refractivity contribution in [1.29, 1.82) is 0 Å². The van der Waals surface area contributed by atoms with E-state index in [4.69, 9.17) is 4.74 Å². The van der Waals surface area contributed by atoms with Crippen LogP contribution in [0.2, 0.25) is 0 Å². The summed E-state index contributed by atoms with van der Waals surface area (Å²) < 4.78 is 21.2. The molecule has 0 aliphatic carbocycles. The molecule has 6 nitrogen and oxygen atoms in total. The first-order valence-corrected chi connectivity index (χ1v) is 9.55. The van der Waals surface area contributed by atoms with Gasteiger partial charge in [0.25, 0.3) is 0 Å². The summed E-state index contributed by atoms with van der Waals surface area (Å²) in [5.41, 5.74) is 2.93. The van der Waals surface area contributed by atoms with E-state index >= 15 is 0 Å². The van der Waals surface area contributed by atoms with E-state index in [1.165, 1.54) is 0 Å². The van der Waals surface area contributed by atoms with Crippen molar-refractivity contribution < 1.29 is 8.95 Å². The van der Waals surface area contributed by atoms with Gasteiger partial charge in [-0.15, -0.1) is 0 Å². The molecule has 0 amide bonds. The molecule has 2 aromatic rings. The van der Waals surface area contributed by atoms with Crippen LogP contribution in [0.3, 0.4) is 0 Å². The number of aromatic nitrogens is 2.